The van der Waals surface area contributed by atoms with Crippen LogP contribution in [0.25, 0.3) is 0 Å². The number of hydrogen-bond donors (Lipinski definition) is 1. The number of rotatable bonds is 11. The molecule has 0 aliphatic rings. The van der Waals surface area contributed by atoms with Crippen LogP contribution in [0.2, 0.25) is 0 Å². The fourth-order valence-electron chi connectivity index (χ4n) is 3.04. The van der Waals surface area contributed by atoms with Gasteiger partial charge in [0.15, 0.2) is 11.5 Å². The summed E-state index contributed by atoms with van der Waals surface area (Å²) in [6, 6.07) is 11.3. The zero-order chi connectivity index (χ0) is 22.9. The van der Waals surface area contributed by atoms with Gasteiger partial charge in [-0.05, 0) is 61.2 Å². The standard InChI is InChI=1S/C23H30N2O5S/c1-5-8-18-9-14-21(22(17-18)29-4)30-23(26)24-19-10-12-20(13-11-19)31(27,28)25(15-6-2)16-7-3/h5,9-14,17H,1,6-8,15-16H2,2-4H3,(H,24,26). The van der Waals surface area contributed by atoms with Gasteiger partial charge < -0.3 is 9.47 Å². The summed E-state index contributed by atoms with van der Waals surface area (Å²) in [6.45, 7) is 8.52. The van der Waals surface area contributed by atoms with Gasteiger partial charge in [0.2, 0.25) is 10.0 Å². The van der Waals surface area contributed by atoms with E-state index in [1.807, 2.05) is 19.9 Å². The summed E-state index contributed by atoms with van der Waals surface area (Å²) >= 11 is 0. The van der Waals surface area contributed by atoms with Gasteiger partial charge in [0.25, 0.3) is 0 Å². The number of allylic oxidation sites excluding steroid dienone is 1. The summed E-state index contributed by atoms with van der Waals surface area (Å²) < 4.78 is 37.8. The van der Waals surface area contributed by atoms with Crippen LogP contribution in [0, 0.1) is 0 Å². The molecule has 0 radical (unpaired) electrons. The third kappa shape index (κ3) is 6.57. The Hall–Kier alpha value is -2.84. The van der Waals surface area contributed by atoms with Crippen molar-refractivity contribution in [3.63, 3.8) is 0 Å². The molecule has 1 N–H and O–H groups in total. The highest BCUT2D eigenvalue weighted by molar-refractivity contribution is 7.89. The van der Waals surface area contributed by atoms with Crippen molar-refractivity contribution in [3.05, 3.63) is 60.7 Å². The number of sulfonamides is 1. The molecule has 0 bridgehead atoms. The van der Waals surface area contributed by atoms with Crippen LogP contribution in [-0.2, 0) is 16.4 Å². The molecule has 2 rings (SSSR count). The molecule has 0 spiro atoms. The van der Waals surface area contributed by atoms with Crippen LogP contribution in [0.4, 0.5) is 10.5 Å². The van der Waals surface area contributed by atoms with E-state index in [-0.39, 0.29) is 10.6 Å². The predicted molar refractivity (Wildman–Crippen MR) is 122 cm³/mol. The highest BCUT2D eigenvalue weighted by atomic mass is 32.2. The highest BCUT2D eigenvalue weighted by Gasteiger charge is 2.23. The number of methoxy groups -OCH3 is 1. The predicted octanol–water partition coefficient (Wildman–Crippen LogP) is 4.85. The van der Waals surface area contributed by atoms with Crippen molar-refractivity contribution in [1.82, 2.24) is 4.31 Å². The Bertz CT molecular complexity index is 982. The van der Waals surface area contributed by atoms with E-state index in [1.54, 1.807) is 18.2 Å². The van der Waals surface area contributed by atoms with Crippen LogP contribution < -0.4 is 14.8 Å². The molecular weight excluding hydrogens is 416 g/mol. The number of nitrogens with zero attached hydrogens (tertiary/aromatic N) is 1. The molecular formula is C23H30N2O5S. The van der Waals surface area contributed by atoms with Crippen molar-refractivity contribution in [3.8, 4) is 11.5 Å². The maximum absolute atomic E-state index is 12.8. The molecule has 0 saturated carbocycles. The van der Waals surface area contributed by atoms with Crippen LogP contribution >= 0.6 is 0 Å². The third-order valence-electron chi connectivity index (χ3n) is 4.50. The van der Waals surface area contributed by atoms with Crippen molar-refractivity contribution in [1.29, 1.82) is 0 Å². The Balaban J connectivity index is 2.09. The lowest BCUT2D eigenvalue weighted by Crippen LogP contribution is -2.32. The van der Waals surface area contributed by atoms with Gasteiger partial charge in [-0.2, -0.15) is 4.31 Å². The Kier molecular flexibility index (Phi) is 9.08. The molecule has 0 aliphatic carbocycles. The second kappa shape index (κ2) is 11.5. The molecule has 0 aliphatic heterocycles. The van der Waals surface area contributed by atoms with Crippen LogP contribution in [0.5, 0.6) is 11.5 Å². The van der Waals surface area contributed by atoms with Gasteiger partial charge in [-0.3, -0.25) is 5.32 Å². The largest absolute Gasteiger partial charge is 0.493 e. The fraction of sp³-hybridized carbons (Fsp3) is 0.348. The van der Waals surface area contributed by atoms with E-state index in [2.05, 4.69) is 11.9 Å². The number of hydrogen-bond acceptors (Lipinski definition) is 5. The second-order valence-electron chi connectivity index (χ2n) is 6.92. The van der Waals surface area contributed by atoms with E-state index in [0.717, 1.165) is 18.4 Å². The number of carbonyl (C=O) groups excluding carboxylic acids is 1. The van der Waals surface area contributed by atoms with Gasteiger partial charge in [-0.1, -0.05) is 26.0 Å². The Labute approximate surface area is 184 Å². The summed E-state index contributed by atoms with van der Waals surface area (Å²) in [5.41, 5.74) is 1.40. The zero-order valence-electron chi connectivity index (χ0n) is 18.3. The first-order valence-electron chi connectivity index (χ1n) is 10.2. The number of benzene rings is 2. The second-order valence-corrected chi connectivity index (χ2v) is 8.86. The number of nitrogens with one attached hydrogen (secondary N) is 1. The normalized spacial score (nSPS) is 11.2. The van der Waals surface area contributed by atoms with Crippen molar-refractivity contribution >= 4 is 21.8 Å². The molecule has 2 aromatic rings. The van der Waals surface area contributed by atoms with Crippen LogP contribution in [0.1, 0.15) is 32.3 Å². The van der Waals surface area contributed by atoms with Crippen molar-refractivity contribution in [2.24, 2.45) is 0 Å². The molecule has 0 aromatic heterocycles. The summed E-state index contributed by atoms with van der Waals surface area (Å²) in [7, 11) is -2.07. The zero-order valence-corrected chi connectivity index (χ0v) is 19.1. The van der Waals surface area contributed by atoms with Gasteiger partial charge >= 0.3 is 6.09 Å². The third-order valence-corrected chi connectivity index (χ3v) is 6.41. The van der Waals surface area contributed by atoms with Gasteiger partial charge in [0.1, 0.15) is 0 Å². The Morgan fingerprint density at radius 1 is 1.06 bits per heavy atom. The molecule has 0 fully saturated rings. The van der Waals surface area contributed by atoms with Gasteiger partial charge in [0, 0.05) is 18.8 Å². The van der Waals surface area contributed by atoms with Crippen LogP contribution in [0.15, 0.2) is 60.0 Å². The summed E-state index contributed by atoms with van der Waals surface area (Å²) in [4.78, 5) is 12.5. The van der Waals surface area contributed by atoms with E-state index in [9.17, 15) is 13.2 Å². The first kappa shape index (κ1) is 24.4. The average molecular weight is 447 g/mol. The maximum atomic E-state index is 12.8. The molecule has 31 heavy (non-hydrogen) atoms. The quantitative estimate of drug-likeness (QED) is 0.499. The monoisotopic (exact) mass is 446 g/mol. The molecule has 0 saturated heterocycles. The summed E-state index contributed by atoms with van der Waals surface area (Å²) in [6.07, 6.45) is 3.22. The molecule has 1 amide bonds. The maximum Gasteiger partial charge on any atom is 0.417 e. The average Bonchev–Trinajstić information content (AvgIpc) is 2.75. The number of ether oxygens (including phenoxy) is 2. The van der Waals surface area contributed by atoms with Gasteiger partial charge in [-0.25, -0.2) is 13.2 Å². The molecule has 168 valence electrons. The lowest BCUT2D eigenvalue weighted by atomic mass is 10.1. The van der Waals surface area contributed by atoms with E-state index in [4.69, 9.17) is 9.47 Å². The van der Waals surface area contributed by atoms with E-state index >= 15 is 0 Å². The molecule has 0 atom stereocenters. The number of carbonyl (C=O) groups is 1. The number of amides is 1. The van der Waals surface area contributed by atoms with Gasteiger partial charge in [0.05, 0.1) is 12.0 Å². The van der Waals surface area contributed by atoms with Crippen molar-refractivity contribution in [2.45, 2.75) is 38.0 Å². The van der Waals surface area contributed by atoms with Crippen LogP contribution in [0.3, 0.4) is 0 Å². The molecule has 8 heteroatoms. The highest BCUT2D eigenvalue weighted by Crippen LogP contribution is 2.29. The minimum atomic E-state index is -3.57. The van der Waals surface area contributed by atoms with E-state index in [0.29, 0.717) is 30.9 Å². The van der Waals surface area contributed by atoms with E-state index in [1.165, 1.54) is 35.7 Å². The molecule has 2 aromatic carbocycles. The molecule has 7 nitrogen and oxygen atoms in total. The Morgan fingerprint density at radius 3 is 2.26 bits per heavy atom. The molecule has 0 heterocycles. The smallest absolute Gasteiger partial charge is 0.417 e. The topological polar surface area (TPSA) is 84.9 Å². The van der Waals surface area contributed by atoms with Crippen molar-refractivity contribution < 1.29 is 22.7 Å². The first-order valence-corrected chi connectivity index (χ1v) is 11.7. The van der Waals surface area contributed by atoms with E-state index < -0.39 is 16.1 Å². The number of anilines is 1. The minimum absolute atomic E-state index is 0.188. The summed E-state index contributed by atoms with van der Waals surface area (Å²) in [5.74, 6) is 0.713. The van der Waals surface area contributed by atoms with Gasteiger partial charge in [-0.15, -0.1) is 6.58 Å². The van der Waals surface area contributed by atoms with Crippen LogP contribution in [-0.4, -0.2) is 39.0 Å². The molecule has 0 unspecified atom stereocenters. The minimum Gasteiger partial charge on any atom is -0.493 e. The lowest BCUT2D eigenvalue weighted by molar-refractivity contribution is 0.213. The lowest BCUT2D eigenvalue weighted by Gasteiger charge is -2.21. The fourth-order valence-corrected chi connectivity index (χ4v) is 4.67. The Morgan fingerprint density at radius 2 is 1.71 bits per heavy atom. The first-order chi connectivity index (χ1) is 14.8. The SMILES string of the molecule is C=CCc1ccc(OC(=O)Nc2ccc(S(=O)(=O)N(CCC)CCC)cc2)c(OC)c1. The van der Waals surface area contributed by atoms with Crippen molar-refractivity contribution in [2.75, 3.05) is 25.5 Å². The summed E-state index contributed by atoms with van der Waals surface area (Å²) in [5, 5.41) is 2.60.